The monoisotopic (exact) mass is 286 g/mol. The Hall–Kier alpha value is -1.84. The predicted octanol–water partition coefficient (Wildman–Crippen LogP) is 4.71. The van der Waals surface area contributed by atoms with Gasteiger partial charge in [0.25, 0.3) is 0 Å². The highest BCUT2D eigenvalue weighted by molar-refractivity contribution is 7.19. The van der Waals surface area contributed by atoms with Gasteiger partial charge in [0.05, 0.1) is 5.02 Å². The van der Waals surface area contributed by atoms with E-state index in [1.165, 1.54) is 11.3 Å². The smallest absolute Gasteiger partial charge is 0.126 e. The first kappa shape index (κ1) is 12.2. The van der Waals surface area contributed by atoms with Gasteiger partial charge in [-0.1, -0.05) is 71.5 Å². The van der Waals surface area contributed by atoms with E-state index < -0.39 is 0 Å². The van der Waals surface area contributed by atoms with Crippen molar-refractivity contribution < 1.29 is 0 Å². The van der Waals surface area contributed by atoms with Crippen LogP contribution >= 0.6 is 22.9 Å². The molecular formula is C15H11ClN2S. The maximum Gasteiger partial charge on any atom is 0.126 e. The molecule has 0 saturated carbocycles. The van der Waals surface area contributed by atoms with Crippen LogP contribution in [0, 0.1) is 0 Å². The van der Waals surface area contributed by atoms with Gasteiger partial charge >= 0.3 is 0 Å². The van der Waals surface area contributed by atoms with Gasteiger partial charge in [0.2, 0.25) is 0 Å². The average molecular weight is 287 g/mol. The Morgan fingerprint density at radius 3 is 2.37 bits per heavy atom. The molecule has 0 unspecified atom stereocenters. The molecule has 1 heterocycles. The zero-order valence-electron chi connectivity index (χ0n) is 10.0. The minimum Gasteiger partial charge on any atom is -0.389 e. The first-order chi connectivity index (χ1) is 9.25. The van der Waals surface area contributed by atoms with E-state index in [4.69, 9.17) is 17.3 Å². The van der Waals surface area contributed by atoms with E-state index in [1.54, 1.807) is 0 Å². The van der Waals surface area contributed by atoms with E-state index in [0.29, 0.717) is 10.0 Å². The molecule has 1 aromatic heterocycles. The summed E-state index contributed by atoms with van der Waals surface area (Å²) in [6.07, 6.45) is 0. The molecule has 0 saturated heterocycles. The largest absolute Gasteiger partial charge is 0.389 e. The lowest BCUT2D eigenvalue weighted by Gasteiger charge is -2.00. The third-order valence-corrected chi connectivity index (χ3v) is 4.07. The fourth-order valence-corrected chi connectivity index (χ4v) is 2.96. The lowest BCUT2D eigenvalue weighted by atomic mass is 10.1. The van der Waals surface area contributed by atoms with Crippen molar-refractivity contribution in [3.8, 4) is 21.8 Å². The number of halogens is 1. The second-order valence-electron chi connectivity index (χ2n) is 4.08. The summed E-state index contributed by atoms with van der Waals surface area (Å²) < 4.78 is 0. The number of rotatable bonds is 2. The van der Waals surface area contributed by atoms with E-state index in [-0.39, 0.29) is 0 Å². The molecular weight excluding hydrogens is 276 g/mol. The van der Waals surface area contributed by atoms with E-state index in [1.807, 2.05) is 54.6 Å². The highest BCUT2D eigenvalue weighted by Crippen LogP contribution is 2.38. The van der Waals surface area contributed by atoms with E-state index >= 15 is 0 Å². The molecule has 0 radical (unpaired) electrons. The van der Waals surface area contributed by atoms with E-state index in [2.05, 4.69) is 4.98 Å². The number of nitrogen functional groups attached to an aromatic ring is 1. The maximum absolute atomic E-state index is 6.20. The van der Waals surface area contributed by atoms with Gasteiger partial charge in [0, 0.05) is 11.1 Å². The summed E-state index contributed by atoms with van der Waals surface area (Å²) in [6, 6.07) is 17.6. The van der Waals surface area contributed by atoms with Gasteiger partial charge in [0.1, 0.15) is 15.7 Å². The molecule has 0 spiro atoms. The number of nitrogens with zero attached hydrogens (tertiary/aromatic N) is 1. The molecule has 0 atom stereocenters. The van der Waals surface area contributed by atoms with E-state index in [0.717, 1.165) is 21.8 Å². The van der Waals surface area contributed by atoms with Gasteiger partial charge in [-0.3, -0.25) is 0 Å². The molecule has 4 heteroatoms. The second kappa shape index (κ2) is 5.03. The zero-order valence-corrected chi connectivity index (χ0v) is 11.6. The highest BCUT2D eigenvalue weighted by atomic mass is 35.5. The van der Waals surface area contributed by atoms with Crippen molar-refractivity contribution in [2.75, 3.05) is 5.73 Å². The quantitative estimate of drug-likeness (QED) is 0.741. The summed E-state index contributed by atoms with van der Waals surface area (Å²) in [7, 11) is 0. The summed E-state index contributed by atoms with van der Waals surface area (Å²) in [4.78, 5) is 4.62. The maximum atomic E-state index is 6.20. The van der Waals surface area contributed by atoms with Crippen molar-refractivity contribution in [3.63, 3.8) is 0 Å². The van der Waals surface area contributed by atoms with Crippen molar-refractivity contribution in [1.29, 1.82) is 0 Å². The molecule has 3 aromatic rings. The summed E-state index contributed by atoms with van der Waals surface area (Å²) in [5.41, 5.74) is 8.78. The topological polar surface area (TPSA) is 38.9 Å². The van der Waals surface area contributed by atoms with Crippen LogP contribution in [0.3, 0.4) is 0 Å². The molecule has 0 amide bonds. The van der Waals surface area contributed by atoms with Crippen LogP contribution < -0.4 is 5.73 Å². The van der Waals surface area contributed by atoms with Gasteiger partial charge in [-0.05, 0) is 6.07 Å². The van der Waals surface area contributed by atoms with Crippen LogP contribution in [0.5, 0.6) is 0 Å². The second-order valence-corrected chi connectivity index (χ2v) is 5.52. The zero-order chi connectivity index (χ0) is 13.2. The SMILES string of the molecule is Nc1sc(-c2ccccc2)nc1-c1ccccc1Cl. The summed E-state index contributed by atoms with van der Waals surface area (Å²) in [5, 5.41) is 2.26. The molecule has 0 bridgehead atoms. The van der Waals surface area contributed by atoms with Crippen molar-refractivity contribution in [3.05, 3.63) is 59.6 Å². The molecule has 0 aliphatic carbocycles. The normalized spacial score (nSPS) is 10.6. The van der Waals surface area contributed by atoms with Crippen LogP contribution in [0.15, 0.2) is 54.6 Å². The van der Waals surface area contributed by atoms with Gasteiger partial charge in [-0.2, -0.15) is 0 Å². The predicted molar refractivity (Wildman–Crippen MR) is 82.4 cm³/mol. The van der Waals surface area contributed by atoms with Gasteiger partial charge in [0.15, 0.2) is 0 Å². The fraction of sp³-hybridized carbons (Fsp3) is 0. The average Bonchev–Trinajstić information content (AvgIpc) is 2.82. The molecule has 2 N–H and O–H groups in total. The molecule has 3 rings (SSSR count). The Balaban J connectivity index is 2.11. The van der Waals surface area contributed by atoms with Crippen molar-refractivity contribution in [2.45, 2.75) is 0 Å². The molecule has 0 aliphatic heterocycles. The Kier molecular flexibility index (Phi) is 3.23. The minimum absolute atomic E-state index is 0.666. The van der Waals surface area contributed by atoms with Crippen LogP contribution in [0.1, 0.15) is 0 Å². The van der Waals surface area contributed by atoms with Gasteiger partial charge < -0.3 is 5.73 Å². The van der Waals surface area contributed by atoms with Gasteiger partial charge in [-0.15, -0.1) is 0 Å². The summed E-state index contributed by atoms with van der Waals surface area (Å²) in [6.45, 7) is 0. The summed E-state index contributed by atoms with van der Waals surface area (Å²) >= 11 is 7.67. The summed E-state index contributed by atoms with van der Waals surface area (Å²) in [5.74, 6) is 0. The third-order valence-electron chi connectivity index (χ3n) is 2.80. The molecule has 2 nitrogen and oxygen atoms in total. The minimum atomic E-state index is 0.666. The first-order valence-corrected chi connectivity index (χ1v) is 7.02. The van der Waals surface area contributed by atoms with E-state index in [9.17, 15) is 0 Å². The highest BCUT2D eigenvalue weighted by Gasteiger charge is 2.13. The Morgan fingerprint density at radius 2 is 1.63 bits per heavy atom. The molecule has 0 fully saturated rings. The van der Waals surface area contributed by atoms with Crippen LogP contribution in [-0.4, -0.2) is 4.98 Å². The Morgan fingerprint density at radius 1 is 0.947 bits per heavy atom. The number of benzene rings is 2. The molecule has 94 valence electrons. The molecule has 0 aliphatic rings. The van der Waals surface area contributed by atoms with Crippen LogP contribution in [-0.2, 0) is 0 Å². The number of nitrogens with two attached hydrogens (primary N) is 1. The lowest BCUT2D eigenvalue weighted by molar-refractivity contribution is 1.40. The van der Waals surface area contributed by atoms with Crippen LogP contribution in [0.4, 0.5) is 5.00 Å². The number of hydrogen-bond donors (Lipinski definition) is 1. The number of hydrogen-bond acceptors (Lipinski definition) is 3. The number of aromatic nitrogens is 1. The fourth-order valence-electron chi connectivity index (χ4n) is 1.88. The van der Waals surface area contributed by atoms with Crippen molar-refractivity contribution in [1.82, 2.24) is 4.98 Å². The first-order valence-electron chi connectivity index (χ1n) is 5.82. The lowest BCUT2D eigenvalue weighted by Crippen LogP contribution is -1.86. The van der Waals surface area contributed by atoms with Crippen molar-refractivity contribution >= 4 is 27.9 Å². The van der Waals surface area contributed by atoms with Gasteiger partial charge in [-0.25, -0.2) is 4.98 Å². The number of thiazole rings is 1. The Labute approximate surface area is 120 Å². The van der Waals surface area contributed by atoms with Crippen molar-refractivity contribution in [2.24, 2.45) is 0 Å². The number of anilines is 1. The Bertz CT molecular complexity index is 707. The third kappa shape index (κ3) is 2.35. The molecule has 19 heavy (non-hydrogen) atoms. The standard InChI is InChI=1S/C15H11ClN2S/c16-12-9-5-4-8-11(12)13-14(17)19-15(18-13)10-6-2-1-3-7-10/h1-9H,17H2. The van der Waals surface area contributed by atoms with Crippen LogP contribution in [0.2, 0.25) is 5.02 Å². The molecule has 2 aromatic carbocycles. The van der Waals surface area contributed by atoms with Crippen LogP contribution in [0.25, 0.3) is 21.8 Å².